The molecule has 0 saturated carbocycles. The van der Waals surface area contributed by atoms with E-state index in [9.17, 15) is 4.79 Å². The molecule has 1 aromatic heterocycles. The number of nitrogens with zero attached hydrogens (tertiary/aromatic N) is 2. The zero-order valence-corrected chi connectivity index (χ0v) is 12.5. The van der Waals surface area contributed by atoms with E-state index in [1.54, 1.807) is 17.8 Å². The molecule has 6 heteroatoms. The van der Waals surface area contributed by atoms with E-state index < -0.39 is 5.54 Å². The SMILES string of the molecule is CCc1cc(C(=O)NC(CC)(CCl)CCl)n(C)n1. The molecule has 1 amide bonds. The van der Waals surface area contributed by atoms with Crippen LogP contribution >= 0.6 is 23.2 Å². The first-order chi connectivity index (χ1) is 8.51. The van der Waals surface area contributed by atoms with Crippen molar-refractivity contribution in [2.75, 3.05) is 11.8 Å². The van der Waals surface area contributed by atoms with Crippen LogP contribution in [0.2, 0.25) is 0 Å². The number of hydrogen-bond donors (Lipinski definition) is 1. The first-order valence-corrected chi connectivity index (χ1v) is 7.06. The van der Waals surface area contributed by atoms with E-state index in [1.807, 2.05) is 13.8 Å². The second-order valence-electron chi connectivity index (χ2n) is 4.35. The van der Waals surface area contributed by atoms with E-state index in [-0.39, 0.29) is 17.7 Å². The number of rotatable bonds is 6. The van der Waals surface area contributed by atoms with E-state index >= 15 is 0 Å². The Balaban J connectivity index is 2.90. The summed E-state index contributed by atoms with van der Waals surface area (Å²) in [4.78, 5) is 12.2. The monoisotopic (exact) mass is 291 g/mol. The number of alkyl halides is 2. The third-order valence-electron chi connectivity index (χ3n) is 3.09. The Labute approximate surface area is 118 Å². The van der Waals surface area contributed by atoms with Gasteiger partial charge in [0.15, 0.2) is 0 Å². The number of aromatic nitrogens is 2. The van der Waals surface area contributed by atoms with E-state index in [0.29, 0.717) is 12.1 Å². The minimum absolute atomic E-state index is 0.187. The van der Waals surface area contributed by atoms with Crippen molar-refractivity contribution < 1.29 is 4.79 Å². The summed E-state index contributed by atoms with van der Waals surface area (Å²) in [6, 6.07) is 1.79. The average Bonchev–Trinajstić information content (AvgIpc) is 2.77. The summed E-state index contributed by atoms with van der Waals surface area (Å²) in [6.07, 6.45) is 1.48. The van der Waals surface area contributed by atoms with Crippen LogP contribution in [-0.4, -0.2) is 33.0 Å². The van der Waals surface area contributed by atoms with Crippen molar-refractivity contribution >= 4 is 29.1 Å². The lowest BCUT2D eigenvalue weighted by Crippen LogP contribution is -2.51. The Morgan fingerprint density at radius 1 is 1.44 bits per heavy atom. The molecule has 102 valence electrons. The summed E-state index contributed by atoms with van der Waals surface area (Å²) in [5.41, 5.74) is 0.859. The molecule has 0 aliphatic heterocycles. The fraction of sp³-hybridized carbons (Fsp3) is 0.667. The van der Waals surface area contributed by atoms with E-state index in [2.05, 4.69) is 10.4 Å². The summed E-state index contributed by atoms with van der Waals surface area (Å²) >= 11 is 11.8. The van der Waals surface area contributed by atoms with Crippen molar-refractivity contribution in [1.82, 2.24) is 15.1 Å². The third kappa shape index (κ3) is 3.18. The van der Waals surface area contributed by atoms with Crippen LogP contribution in [0.1, 0.15) is 36.5 Å². The molecule has 0 radical (unpaired) electrons. The standard InChI is InChI=1S/C12H19Cl2N3O/c1-4-9-6-10(17(3)16-9)11(18)15-12(5-2,7-13)8-14/h6H,4-5,7-8H2,1-3H3,(H,15,18). The van der Waals surface area contributed by atoms with Crippen LogP contribution in [0.4, 0.5) is 0 Å². The van der Waals surface area contributed by atoms with Crippen LogP contribution in [0.5, 0.6) is 0 Å². The normalized spacial score (nSPS) is 11.6. The third-order valence-corrected chi connectivity index (χ3v) is 4.12. The lowest BCUT2D eigenvalue weighted by molar-refractivity contribution is 0.0904. The highest BCUT2D eigenvalue weighted by Gasteiger charge is 2.29. The maximum Gasteiger partial charge on any atom is 0.270 e. The molecule has 1 heterocycles. The smallest absolute Gasteiger partial charge is 0.270 e. The second kappa shape index (κ2) is 6.43. The largest absolute Gasteiger partial charge is 0.343 e. The molecule has 0 fully saturated rings. The maximum atomic E-state index is 12.2. The van der Waals surface area contributed by atoms with Gasteiger partial charge in [0.05, 0.1) is 11.2 Å². The van der Waals surface area contributed by atoms with Gasteiger partial charge in [-0.25, -0.2) is 0 Å². The van der Waals surface area contributed by atoms with Crippen LogP contribution in [0.3, 0.4) is 0 Å². The molecule has 0 saturated heterocycles. The Kier molecular flexibility index (Phi) is 5.47. The molecule has 0 atom stereocenters. The molecule has 1 rings (SSSR count). The number of hydrogen-bond acceptors (Lipinski definition) is 2. The van der Waals surface area contributed by atoms with Gasteiger partial charge < -0.3 is 5.32 Å². The van der Waals surface area contributed by atoms with E-state index in [0.717, 1.165) is 12.1 Å². The van der Waals surface area contributed by atoms with Gasteiger partial charge in [0, 0.05) is 18.8 Å². The van der Waals surface area contributed by atoms with Crippen LogP contribution in [0, 0.1) is 0 Å². The number of halogens is 2. The van der Waals surface area contributed by atoms with Crippen molar-refractivity contribution in [3.05, 3.63) is 17.5 Å². The number of carbonyl (C=O) groups is 1. The predicted octanol–water partition coefficient (Wildman–Crippen LogP) is 2.34. The van der Waals surface area contributed by atoms with Gasteiger partial charge in [0.2, 0.25) is 0 Å². The Morgan fingerprint density at radius 3 is 2.44 bits per heavy atom. The zero-order valence-electron chi connectivity index (χ0n) is 11.0. The highest BCUT2D eigenvalue weighted by molar-refractivity contribution is 6.22. The first-order valence-electron chi connectivity index (χ1n) is 5.99. The van der Waals surface area contributed by atoms with E-state index in [4.69, 9.17) is 23.2 Å². The molecule has 0 unspecified atom stereocenters. The van der Waals surface area contributed by atoms with Gasteiger partial charge in [-0.05, 0) is 18.9 Å². The molecule has 4 nitrogen and oxygen atoms in total. The molecule has 1 N–H and O–H groups in total. The van der Waals surface area contributed by atoms with Gasteiger partial charge in [0.25, 0.3) is 5.91 Å². The van der Waals surface area contributed by atoms with Crippen LogP contribution in [0.25, 0.3) is 0 Å². The fourth-order valence-corrected chi connectivity index (χ4v) is 2.39. The minimum Gasteiger partial charge on any atom is -0.343 e. The number of carbonyl (C=O) groups excluding carboxylic acids is 1. The highest BCUT2D eigenvalue weighted by atomic mass is 35.5. The van der Waals surface area contributed by atoms with Crippen molar-refractivity contribution in [3.63, 3.8) is 0 Å². The lowest BCUT2D eigenvalue weighted by Gasteiger charge is -2.29. The summed E-state index contributed by atoms with van der Waals surface area (Å²) < 4.78 is 1.58. The van der Waals surface area contributed by atoms with Gasteiger partial charge >= 0.3 is 0 Å². The quantitative estimate of drug-likeness (QED) is 0.818. The van der Waals surface area contributed by atoms with Gasteiger partial charge in [0.1, 0.15) is 5.69 Å². The van der Waals surface area contributed by atoms with Gasteiger partial charge in [-0.2, -0.15) is 5.10 Å². The molecule has 0 aliphatic rings. The zero-order chi connectivity index (χ0) is 13.8. The molecular weight excluding hydrogens is 273 g/mol. The van der Waals surface area contributed by atoms with Crippen LogP contribution in [0.15, 0.2) is 6.07 Å². The average molecular weight is 292 g/mol. The highest BCUT2D eigenvalue weighted by Crippen LogP contribution is 2.16. The molecule has 1 aromatic rings. The summed E-state index contributed by atoms with van der Waals surface area (Å²) in [6.45, 7) is 3.95. The molecule has 0 aromatic carbocycles. The minimum atomic E-state index is -0.559. The maximum absolute atomic E-state index is 12.2. The predicted molar refractivity (Wildman–Crippen MR) is 74.5 cm³/mol. The van der Waals surface area contributed by atoms with Crippen LogP contribution < -0.4 is 5.32 Å². The van der Waals surface area contributed by atoms with Crippen LogP contribution in [-0.2, 0) is 13.5 Å². The van der Waals surface area contributed by atoms with Crippen molar-refractivity contribution in [2.45, 2.75) is 32.2 Å². The second-order valence-corrected chi connectivity index (χ2v) is 4.89. The Bertz CT molecular complexity index is 405. The first kappa shape index (κ1) is 15.3. The molecule has 0 aliphatic carbocycles. The lowest BCUT2D eigenvalue weighted by atomic mass is 10.0. The fourth-order valence-electron chi connectivity index (χ4n) is 1.60. The number of nitrogens with one attached hydrogen (secondary N) is 1. The summed E-state index contributed by atoms with van der Waals surface area (Å²) in [7, 11) is 1.75. The van der Waals surface area contributed by atoms with Crippen molar-refractivity contribution in [1.29, 1.82) is 0 Å². The molecular formula is C12H19Cl2N3O. The van der Waals surface area contributed by atoms with Gasteiger partial charge in [-0.1, -0.05) is 13.8 Å². The number of aryl methyl sites for hydroxylation is 2. The molecule has 18 heavy (non-hydrogen) atoms. The topological polar surface area (TPSA) is 46.9 Å². The summed E-state index contributed by atoms with van der Waals surface area (Å²) in [5, 5.41) is 7.16. The van der Waals surface area contributed by atoms with Crippen molar-refractivity contribution in [2.24, 2.45) is 7.05 Å². The summed E-state index contributed by atoms with van der Waals surface area (Å²) in [5.74, 6) is 0.391. The molecule has 0 spiro atoms. The van der Waals surface area contributed by atoms with E-state index in [1.165, 1.54) is 0 Å². The number of amides is 1. The van der Waals surface area contributed by atoms with Crippen molar-refractivity contribution in [3.8, 4) is 0 Å². The van der Waals surface area contributed by atoms with Gasteiger partial charge in [-0.3, -0.25) is 9.48 Å². The Morgan fingerprint density at radius 2 is 2.06 bits per heavy atom. The molecule has 0 bridgehead atoms. The Hall–Kier alpha value is -0.740. The van der Waals surface area contributed by atoms with Gasteiger partial charge in [-0.15, -0.1) is 23.2 Å².